The van der Waals surface area contributed by atoms with E-state index >= 15 is 0 Å². The van der Waals surface area contributed by atoms with Crippen LogP contribution in [-0.4, -0.2) is 43.0 Å². The Labute approximate surface area is 122 Å². The van der Waals surface area contributed by atoms with E-state index in [0.29, 0.717) is 12.5 Å². The zero-order valence-corrected chi connectivity index (χ0v) is 13.7. The molecule has 0 heterocycles. The highest BCUT2D eigenvalue weighted by atomic mass is 16.5. The molecular formula is C15H30N2O3. The normalized spacial score (nSPS) is 13.2. The van der Waals surface area contributed by atoms with Crippen molar-refractivity contribution in [1.82, 2.24) is 4.90 Å². The van der Waals surface area contributed by atoms with Crippen molar-refractivity contribution >= 4 is 11.9 Å². The molecule has 5 nitrogen and oxygen atoms in total. The second-order valence-corrected chi connectivity index (χ2v) is 6.32. The lowest BCUT2D eigenvalue weighted by Crippen LogP contribution is -2.52. The molecule has 0 spiro atoms. The molecule has 20 heavy (non-hydrogen) atoms. The fraction of sp³-hybridized carbons (Fsp3) is 0.867. The van der Waals surface area contributed by atoms with Crippen LogP contribution in [0, 0.1) is 11.3 Å². The van der Waals surface area contributed by atoms with Gasteiger partial charge in [0.1, 0.15) is 6.54 Å². The monoisotopic (exact) mass is 286 g/mol. The predicted molar refractivity (Wildman–Crippen MR) is 80.1 cm³/mol. The Morgan fingerprint density at radius 1 is 1.20 bits per heavy atom. The minimum atomic E-state index is -0.624. The fourth-order valence-corrected chi connectivity index (χ4v) is 1.88. The molecule has 1 atom stereocenters. The van der Waals surface area contributed by atoms with E-state index in [1.807, 2.05) is 20.8 Å². The molecule has 1 amide bonds. The maximum absolute atomic E-state index is 12.5. The van der Waals surface area contributed by atoms with Crippen LogP contribution in [0.2, 0.25) is 0 Å². The predicted octanol–water partition coefficient (Wildman–Crippen LogP) is 1.80. The average molecular weight is 286 g/mol. The Morgan fingerprint density at radius 3 is 2.05 bits per heavy atom. The first-order valence-electron chi connectivity index (χ1n) is 7.28. The molecule has 0 saturated carbocycles. The molecule has 0 fully saturated rings. The van der Waals surface area contributed by atoms with Crippen molar-refractivity contribution < 1.29 is 14.3 Å². The van der Waals surface area contributed by atoms with Crippen molar-refractivity contribution in [3.8, 4) is 0 Å². The molecule has 0 rings (SSSR count). The molecule has 2 N–H and O–H groups in total. The van der Waals surface area contributed by atoms with E-state index < -0.39 is 12.0 Å². The van der Waals surface area contributed by atoms with Crippen molar-refractivity contribution in [2.45, 2.75) is 53.5 Å². The number of amides is 1. The van der Waals surface area contributed by atoms with Crippen LogP contribution in [-0.2, 0) is 14.3 Å². The lowest BCUT2D eigenvalue weighted by molar-refractivity contribution is -0.148. The van der Waals surface area contributed by atoms with Crippen LogP contribution in [0.3, 0.4) is 0 Å². The molecule has 0 aliphatic rings. The molecular weight excluding hydrogens is 256 g/mol. The largest absolute Gasteiger partial charge is 0.468 e. The molecule has 0 aromatic carbocycles. The highest BCUT2D eigenvalue weighted by molar-refractivity contribution is 5.86. The van der Waals surface area contributed by atoms with Gasteiger partial charge in [0.05, 0.1) is 13.2 Å². The van der Waals surface area contributed by atoms with E-state index in [1.54, 1.807) is 4.90 Å². The number of rotatable bonds is 7. The summed E-state index contributed by atoms with van der Waals surface area (Å²) in [5.41, 5.74) is 5.69. The summed E-state index contributed by atoms with van der Waals surface area (Å²) in [5, 5.41) is 0. The van der Waals surface area contributed by atoms with Crippen molar-refractivity contribution in [1.29, 1.82) is 0 Å². The summed E-state index contributed by atoms with van der Waals surface area (Å²) in [6, 6.07) is -0.624. The number of hydrogen-bond donors (Lipinski definition) is 1. The highest BCUT2D eigenvalue weighted by Crippen LogP contribution is 2.20. The van der Waals surface area contributed by atoms with E-state index in [1.165, 1.54) is 7.11 Å². The molecule has 0 unspecified atom stereocenters. The van der Waals surface area contributed by atoms with Crippen LogP contribution in [0.5, 0.6) is 0 Å². The van der Waals surface area contributed by atoms with Gasteiger partial charge in [-0.05, 0) is 11.3 Å². The quantitative estimate of drug-likeness (QED) is 0.724. The number of methoxy groups -OCH3 is 1. The van der Waals surface area contributed by atoms with Crippen molar-refractivity contribution in [2.75, 3.05) is 20.2 Å². The number of hydrogen-bond acceptors (Lipinski definition) is 4. The Balaban J connectivity index is 5.00. The van der Waals surface area contributed by atoms with Gasteiger partial charge in [0.2, 0.25) is 5.91 Å². The minimum absolute atomic E-state index is 0.0321. The van der Waals surface area contributed by atoms with Crippen LogP contribution in [0.15, 0.2) is 0 Å². The molecule has 0 aromatic heterocycles. The van der Waals surface area contributed by atoms with Gasteiger partial charge in [0, 0.05) is 6.54 Å². The summed E-state index contributed by atoms with van der Waals surface area (Å²) >= 11 is 0. The zero-order chi connectivity index (χ0) is 15.9. The van der Waals surface area contributed by atoms with E-state index in [0.717, 1.165) is 12.8 Å². The number of nitrogens with zero attached hydrogens (tertiary/aromatic N) is 1. The maximum Gasteiger partial charge on any atom is 0.325 e. The first-order chi connectivity index (χ1) is 9.17. The Hall–Kier alpha value is -1.10. The average Bonchev–Trinajstić information content (AvgIpc) is 2.40. The summed E-state index contributed by atoms with van der Waals surface area (Å²) in [7, 11) is 1.33. The Bertz CT molecular complexity index is 320. The smallest absolute Gasteiger partial charge is 0.325 e. The van der Waals surface area contributed by atoms with Crippen LogP contribution < -0.4 is 5.73 Å². The first-order valence-corrected chi connectivity index (χ1v) is 7.28. The van der Waals surface area contributed by atoms with Crippen LogP contribution >= 0.6 is 0 Å². The van der Waals surface area contributed by atoms with Gasteiger partial charge >= 0.3 is 5.97 Å². The van der Waals surface area contributed by atoms with Crippen LogP contribution in [0.1, 0.15) is 47.5 Å². The van der Waals surface area contributed by atoms with E-state index in [4.69, 9.17) is 5.73 Å². The van der Waals surface area contributed by atoms with E-state index in [9.17, 15) is 9.59 Å². The van der Waals surface area contributed by atoms with E-state index in [2.05, 4.69) is 18.6 Å². The second kappa shape index (κ2) is 8.25. The van der Waals surface area contributed by atoms with Gasteiger partial charge in [-0.25, -0.2) is 0 Å². The van der Waals surface area contributed by atoms with Crippen molar-refractivity contribution in [2.24, 2.45) is 17.1 Å². The molecule has 0 aliphatic heterocycles. The van der Waals surface area contributed by atoms with Gasteiger partial charge in [-0.2, -0.15) is 0 Å². The van der Waals surface area contributed by atoms with Gasteiger partial charge < -0.3 is 15.4 Å². The van der Waals surface area contributed by atoms with Crippen molar-refractivity contribution in [3.63, 3.8) is 0 Å². The SMILES string of the molecule is CCC(CC)CN(CC(=O)OC)C(=O)[C@@H](N)C(C)(C)C. The third-order valence-corrected chi connectivity index (χ3v) is 3.69. The van der Waals surface area contributed by atoms with E-state index in [-0.39, 0.29) is 17.9 Å². The van der Waals surface area contributed by atoms with Gasteiger partial charge in [-0.3, -0.25) is 9.59 Å². The molecule has 5 heteroatoms. The number of carbonyl (C=O) groups is 2. The third kappa shape index (κ3) is 5.90. The molecule has 0 radical (unpaired) electrons. The number of carbonyl (C=O) groups excluding carboxylic acids is 2. The summed E-state index contributed by atoms with van der Waals surface area (Å²) in [6.45, 7) is 10.4. The standard InChI is InChI=1S/C15H30N2O3/c1-7-11(8-2)9-17(10-12(18)20-6)14(19)13(16)15(3,4)5/h11,13H,7-10,16H2,1-6H3/t13-/m1/s1. The van der Waals surface area contributed by atoms with Crippen molar-refractivity contribution in [3.05, 3.63) is 0 Å². The topological polar surface area (TPSA) is 72.6 Å². The number of esters is 1. The summed E-state index contributed by atoms with van der Waals surface area (Å²) in [6.07, 6.45) is 1.93. The van der Waals surface area contributed by atoms with Gasteiger partial charge in [-0.15, -0.1) is 0 Å². The minimum Gasteiger partial charge on any atom is -0.468 e. The maximum atomic E-state index is 12.5. The van der Waals surface area contributed by atoms with Gasteiger partial charge in [0.25, 0.3) is 0 Å². The molecule has 0 aromatic rings. The highest BCUT2D eigenvalue weighted by Gasteiger charge is 2.32. The van der Waals surface area contributed by atoms with Crippen LogP contribution in [0.25, 0.3) is 0 Å². The Morgan fingerprint density at radius 2 is 1.70 bits per heavy atom. The fourth-order valence-electron chi connectivity index (χ4n) is 1.88. The summed E-state index contributed by atoms with van der Waals surface area (Å²) in [4.78, 5) is 25.5. The molecule has 118 valence electrons. The zero-order valence-electron chi connectivity index (χ0n) is 13.7. The first kappa shape index (κ1) is 18.9. The van der Waals surface area contributed by atoms with Gasteiger partial charge in [-0.1, -0.05) is 47.5 Å². The molecule has 0 aliphatic carbocycles. The molecule has 0 bridgehead atoms. The molecule has 0 saturated heterocycles. The Kier molecular flexibility index (Phi) is 7.79. The second-order valence-electron chi connectivity index (χ2n) is 6.32. The lowest BCUT2D eigenvalue weighted by Gasteiger charge is -2.33. The summed E-state index contributed by atoms with van der Waals surface area (Å²) in [5.74, 6) is -0.226. The number of nitrogens with two attached hydrogens (primary N) is 1. The third-order valence-electron chi connectivity index (χ3n) is 3.69. The lowest BCUT2D eigenvalue weighted by atomic mass is 9.86. The van der Waals surface area contributed by atoms with Crippen LogP contribution in [0.4, 0.5) is 0 Å². The number of ether oxygens (including phenoxy) is 1. The van der Waals surface area contributed by atoms with Gasteiger partial charge in [0.15, 0.2) is 0 Å². The summed E-state index contributed by atoms with van der Waals surface area (Å²) < 4.78 is 4.67.